The second-order valence-electron chi connectivity index (χ2n) is 5.87. The normalized spacial score (nSPS) is 14.2. The monoisotopic (exact) mass is 285 g/mol. The standard InChI is InChI=1S/C14H23NO3S/c1-14(2,3)13(9-10-16)15-11-5-7-12(8-6-11)19(4,17)18/h5-8,13,15-16H,9-10H2,1-4H3. The molecule has 108 valence electrons. The molecule has 0 spiro atoms. The van der Waals surface area contributed by atoms with Crippen LogP contribution < -0.4 is 5.32 Å². The predicted molar refractivity (Wildman–Crippen MR) is 78.1 cm³/mol. The molecule has 0 radical (unpaired) electrons. The van der Waals surface area contributed by atoms with Crippen molar-refractivity contribution in [2.24, 2.45) is 5.41 Å². The van der Waals surface area contributed by atoms with Crippen LogP contribution in [0.5, 0.6) is 0 Å². The van der Waals surface area contributed by atoms with Crippen molar-refractivity contribution >= 4 is 15.5 Å². The summed E-state index contributed by atoms with van der Waals surface area (Å²) < 4.78 is 22.7. The molecule has 0 fully saturated rings. The molecule has 0 aliphatic heterocycles. The molecule has 1 aromatic rings. The Morgan fingerprint density at radius 1 is 1.21 bits per heavy atom. The van der Waals surface area contributed by atoms with Crippen molar-refractivity contribution in [3.63, 3.8) is 0 Å². The van der Waals surface area contributed by atoms with Gasteiger partial charge in [0.25, 0.3) is 0 Å². The third-order valence-corrected chi connectivity index (χ3v) is 4.21. The van der Waals surface area contributed by atoms with E-state index in [1.165, 1.54) is 6.26 Å². The summed E-state index contributed by atoms with van der Waals surface area (Å²) in [7, 11) is -3.15. The molecule has 1 unspecified atom stereocenters. The van der Waals surface area contributed by atoms with E-state index < -0.39 is 9.84 Å². The Balaban J connectivity index is 2.87. The van der Waals surface area contributed by atoms with Gasteiger partial charge in [0.2, 0.25) is 0 Å². The summed E-state index contributed by atoms with van der Waals surface area (Å²) in [6.07, 6.45) is 1.84. The van der Waals surface area contributed by atoms with Crippen LogP contribution in [-0.4, -0.2) is 32.4 Å². The first-order chi connectivity index (χ1) is 8.64. The van der Waals surface area contributed by atoms with Crippen molar-refractivity contribution < 1.29 is 13.5 Å². The van der Waals surface area contributed by atoms with Gasteiger partial charge in [0.15, 0.2) is 9.84 Å². The van der Waals surface area contributed by atoms with Crippen molar-refractivity contribution in [2.75, 3.05) is 18.2 Å². The van der Waals surface area contributed by atoms with Gasteiger partial charge >= 0.3 is 0 Å². The van der Waals surface area contributed by atoms with Crippen molar-refractivity contribution in [3.8, 4) is 0 Å². The van der Waals surface area contributed by atoms with Crippen LogP contribution in [0.1, 0.15) is 27.2 Å². The first-order valence-electron chi connectivity index (χ1n) is 6.32. The van der Waals surface area contributed by atoms with E-state index in [2.05, 4.69) is 26.1 Å². The molecule has 0 amide bonds. The summed E-state index contributed by atoms with van der Waals surface area (Å²) in [4.78, 5) is 0.313. The maximum absolute atomic E-state index is 11.4. The molecular weight excluding hydrogens is 262 g/mol. The van der Waals surface area contributed by atoms with Gasteiger partial charge in [0, 0.05) is 24.6 Å². The Kier molecular flexibility index (Phi) is 4.98. The minimum absolute atomic E-state index is 0.0121. The van der Waals surface area contributed by atoms with Gasteiger partial charge in [-0.3, -0.25) is 0 Å². The second kappa shape index (κ2) is 5.92. The van der Waals surface area contributed by atoms with Gasteiger partial charge in [-0.05, 0) is 36.1 Å². The van der Waals surface area contributed by atoms with Gasteiger partial charge in [-0.2, -0.15) is 0 Å². The summed E-state index contributed by atoms with van der Waals surface area (Å²) in [5, 5.41) is 12.5. The molecule has 0 aromatic heterocycles. The lowest BCUT2D eigenvalue weighted by molar-refractivity contribution is 0.235. The van der Waals surface area contributed by atoms with Crippen LogP contribution in [-0.2, 0) is 9.84 Å². The van der Waals surface area contributed by atoms with E-state index in [9.17, 15) is 8.42 Å². The summed E-state index contributed by atoms with van der Waals surface area (Å²) in [5.74, 6) is 0. The number of aliphatic hydroxyl groups is 1. The molecule has 1 rings (SSSR count). The molecule has 1 atom stereocenters. The highest BCUT2D eigenvalue weighted by Crippen LogP contribution is 2.26. The van der Waals surface area contributed by atoms with Crippen molar-refractivity contribution in [2.45, 2.75) is 38.1 Å². The third-order valence-electron chi connectivity index (χ3n) is 3.09. The molecule has 1 aromatic carbocycles. The largest absolute Gasteiger partial charge is 0.396 e. The van der Waals surface area contributed by atoms with Gasteiger partial charge in [0.1, 0.15) is 0 Å². The number of nitrogens with one attached hydrogen (secondary N) is 1. The SMILES string of the molecule is CC(C)(C)C(CCO)Nc1ccc(S(C)(=O)=O)cc1. The number of sulfone groups is 1. The van der Waals surface area contributed by atoms with E-state index in [0.717, 1.165) is 5.69 Å². The molecule has 0 aliphatic carbocycles. The first-order valence-corrected chi connectivity index (χ1v) is 8.21. The van der Waals surface area contributed by atoms with Crippen LogP contribution in [0.25, 0.3) is 0 Å². The Morgan fingerprint density at radius 3 is 2.11 bits per heavy atom. The van der Waals surface area contributed by atoms with Crippen molar-refractivity contribution in [1.82, 2.24) is 0 Å². The van der Waals surface area contributed by atoms with Gasteiger partial charge in [-0.15, -0.1) is 0 Å². The van der Waals surface area contributed by atoms with Crippen LogP contribution in [0.15, 0.2) is 29.2 Å². The highest BCUT2D eigenvalue weighted by atomic mass is 32.2. The lowest BCUT2D eigenvalue weighted by Crippen LogP contribution is -2.34. The molecule has 0 saturated heterocycles. The highest BCUT2D eigenvalue weighted by molar-refractivity contribution is 7.90. The number of rotatable bonds is 5. The fourth-order valence-corrected chi connectivity index (χ4v) is 2.48. The molecule has 0 saturated carbocycles. The molecule has 19 heavy (non-hydrogen) atoms. The number of benzene rings is 1. The molecule has 5 heteroatoms. The predicted octanol–water partition coefficient (Wildman–Crippen LogP) is 2.30. The van der Waals surface area contributed by atoms with Crippen molar-refractivity contribution in [1.29, 1.82) is 0 Å². The summed E-state index contributed by atoms with van der Waals surface area (Å²) >= 11 is 0. The fourth-order valence-electron chi connectivity index (χ4n) is 1.85. The quantitative estimate of drug-likeness (QED) is 0.871. The van der Waals surface area contributed by atoms with E-state index in [1.54, 1.807) is 24.3 Å². The van der Waals surface area contributed by atoms with Gasteiger partial charge in [0.05, 0.1) is 4.90 Å². The Labute approximate surface area is 115 Å². The summed E-state index contributed by atoms with van der Waals surface area (Å²) in [6.45, 7) is 6.43. The van der Waals surface area contributed by atoms with E-state index >= 15 is 0 Å². The Bertz CT molecular complexity index is 500. The summed E-state index contributed by atoms with van der Waals surface area (Å²) in [6, 6.07) is 6.83. The van der Waals surface area contributed by atoms with Gasteiger partial charge in [-0.25, -0.2) is 8.42 Å². The van der Waals surface area contributed by atoms with Crippen LogP contribution in [0.4, 0.5) is 5.69 Å². The minimum atomic E-state index is -3.15. The fraction of sp³-hybridized carbons (Fsp3) is 0.571. The van der Waals surface area contributed by atoms with E-state index in [0.29, 0.717) is 11.3 Å². The maximum Gasteiger partial charge on any atom is 0.175 e. The molecule has 4 nitrogen and oxygen atoms in total. The molecule has 2 N–H and O–H groups in total. The van der Waals surface area contributed by atoms with E-state index in [4.69, 9.17) is 5.11 Å². The second-order valence-corrected chi connectivity index (χ2v) is 7.89. The lowest BCUT2D eigenvalue weighted by atomic mass is 9.85. The smallest absolute Gasteiger partial charge is 0.175 e. The average Bonchev–Trinajstić information content (AvgIpc) is 2.26. The maximum atomic E-state index is 11.4. The molecular formula is C14H23NO3S. The van der Waals surface area contributed by atoms with Gasteiger partial charge in [-0.1, -0.05) is 20.8 Å². The lowest BCUT2D eigenvalue weighted by Gasteiger charge is -2.32. The Morgan fingerprint density at radius 2 is 1.74 bits per heavy atom. The van der Waals surface area contributed by atoms with Crippen LogP contribution in [0, 0.1) is 5.41 Å². The zero-order chi connectivity index (χ0) is 14.7. The zero-order valence-corrected chi connectivity index (χ0v) is 12.8. The minimum Gasteiger partial charge on any atom is -0.396 e. The number of aliphatic hydroxyl groups excluding tert-OH is 1. The third kappa shape index (κ3) is 4.84. The first kappa shape index (κ1) is 16.0. The topological polar surface area (TPSA) is 66.4 Å². The van der Waals surface area contributed by atoms with E-state index in [1.807, 2.05) is 0 Å². The summed E-state index contributed by atoms with van der Waals surface area (Å²) in [5.41, 5.74) is 0.874. The average molecular weight is 285 g/mol. The van der Waals surface area contributed by atoms with Crippen LogP contribution in [0.3, 0.4) is 0 Å². The number of hydrogen-bond donors (Lipinski definition) is 2. The van der Waals surface area contributed by atoms with Crippen LogP contribution >= 0.6 is 0 Å². The Hall–Kier alpha value is -1.07. The molecule has 0 heterocycles. The number of hydrogen-bond acceptors (Lipinski definition) is 4. The van der Waals surface area contributed by atoms with E-state index in [-0.39, 0.29) is 18.1 Å². The van der Waals surface area contributed by atoms with Crippen LogP contribution in [0.2, 0.25) is 0 Å². The highest BCUT2D eigenvalue weighted by Gasteiger charge is 2.23. The number of anilines is 1. The molecule has 0 bridgehead atoms. The van der Waals surface area contributed by atoms with Crippen molar-refractivity contribution in [3.05, 3.63) is 24.3 Å². The van der Waals surface area contributed by atoms with Gasteiger partial charge < -0.3 is 10.4 Å². The zero-order valence-electron chi connectivity index (χ0n) is 12.0. The molecule has 0 aliphatic rings.